The van der Waals surface area contributed by atoms with Gasteiger partial charge in [-0.2, -0.15) is 0 Å². The molecule has 2 aromatic carbocycles. The third kappa shape index (κ3) is 2.62. The molecule has 1 aromatic heterocycles. The number of hydrogen-bond donors (Lipinski definition) is 1. The van der Waals surface area contributed by atoms with Crippen LogP contribution in [0.25, 0.3) is 11.0 Å². The smallest absolute Gasteiger partial charge is 0.138 e. The molecular weight excluding hydrogens is 288 g/mol. The van der Waals surface area contributed by atoms with E-state index in [4.69, 9.17) is 20.8 Å². The third-order valence-corrected chi connectivity index (χ3v) is 3.74. The van der Waals surface area contributed by atoms with Crippen molar-refractivity contribution in [1.29, 1.82) is 0 Å². The normalized spacial score (nSPS) is 12.6. The Labute approximate surface area is 127 Å². The second kappa shape index (κ2) is 5.43. The molecule has 4 heteroatoms. The Morgan fingerprint density at radius 2 is 1.95 bits per heavy atom. The summed E-state index contributed by atoms with van der Waals surface area (Å²) in [5.41, 5.74) is 2.44. The predicted octanol–water partition coefficient (Wildman–Crippen LogP) is 4.48. The minimum atomic E-state index is -0.819. The standard InChI is InChI=1S/C17H15ClO3/c1-10-7-11(3-5-14(10)20-2)17(19)16-9-12-8-13(18)4-6-15(12)21-16/h3-9,17,19H,1-2H3. The van der Waals surface area contributed by atoms with Crippen LogP contribution in [0.3, 0.4) is 0 Å². The second-order valence-corrected chi connectivity index (χ2v) is 5.40. The van der Waals surface area contributed by atoms with Crippen LogP contribution in [0.5, 0.6) is 5.75 Å². The maximum Gasteiger partial charge on any atom is 0.138 e. The molecule has 0 amide bonds. The minimum absolute atomic E-state index is 0.497. The zero-order valence-corrected chi connectivity index (χ0v) is 12.5. The van der Waals surface area contributed by atoms with Crippen LogP contribution in [0, 0.1) is 6.92 Å². The van der Waals surface area contributed by atoms with Gasteiger partial charge in [-0.15, -0.1) is 0 Å². The lowest BCUT2D eigenvalue weighted by atomic mass is 10.0. The van der Waals surface area contributed by atoms with Gasteiger partial charge in [0.2, 0.25) is 0 Å². The summed E-state index contributed by atoms with van der Waals surface area (Å²) < 4.78 is 10.9. The molecule has 0 radical (unpaired) electrons. The first-order chi connectivity index (χ1) is 10.1. The summed E-state index contributed by atoms with van der Waals surface area (Å²) in [6.45, 7) is 1.94. The van der Waals surface area contributed by atoms with Gasteiger partial charge in [-0.1, -0.05) is 17.7 Å². The molecule has 108 valence electrons. The molecular formula is C17H15ClO3. The summed E-state index contributed by atoms with van der Waals surface area (Å²) >= 11 is 5.96. The fourth-order valence-electron chi connectivity index (χ4n) is 2.41. The lowest BCUT2D eigenvalue weighted by Crippen LogP contribution is -1.99. The van der Waals surface area contributed by atoms with Gasteiger partial charge in [0.25, 0.3) is 0 Å². The van der Waals surface area contributed by atoms with Gasteiger partial charge in [-0.05, 0) is 54.4 Å². The van der Waals surface area contributed by atoms with Crippen LogP contribution < -0.4 is 4.74 Å². The predicted molar refractivity (Wildman–Crippen MR) is 83.0 cm³/mol. The second-order valence-electron chi connectivity index (χ2n) is 4.96. The Balaban J connectivity index is 1.99. The Kier molecular flexibility index (Phi) is 3.62. The van der Waals surface area contributed by atoms with E-state index >= 15 is 0 Å². The fourth-order valence-corrected chi connectivity index (χ4v) is 2.59. The monoisotopic (exact) mass is 302 g/mol. The van der Waals surface area contributed by atoms with Crippen molar-refractivity contribution in [2.75, 3.05) is 7.11 Å². The van der Waals surface area contributed by atoms with Gasteiger partial charge in [-0.3, -0.25) is 0 Å². The maximum absolute atomic E-state index is 10.5. The van der Waals surface area contributed by atoms with E-state index in [0.717, 1.165) is 22.3 Å². The van der Waals surface area contributed by atoms with E-state index < -0.39 is 6.10 Å². The highest BCUT2D eigenvalue weighted by Crippen LogP contribution is 2.31. The molecule has 0 saturated carbocycles. The Bertz CT molecular complexity index is 792. The summed E-state index contributed by atoms with van der Waals surface area (Å²) in [5.74, 6) is 1.29. The molecule has 0 fully saturated rings. The van der Waals surface area contributed by atoms with E-state index in [-0.39, 0.29) is 0 Å². The number of furan rings is 1. The van der Waals surface area contributed by atoms with E-state index in [9.17, 15) is 5.11 Å². The molecule has 3 aromatic rings. The minimum Gasteiger partial charge on any atom is -0.496 e. The quantitative estimate of drug-likeness (QED) is 0.775. The Hall–Kier alpha value is -1.97. The highest BCUT2D eigenvalue weighted by Gasteiger charge is 2.16. The molecule has 1 unspecified atom stereocenters. The number of methoxy groups -OCH3 is 1. The number of aliphatic hydroxyl groups is 1. The zero-order chi connectivity index (χ0) is 15.0. The van der Waals surface area contributed by atoms with Crippen molar-refractivity contribution in [1.82, 2.24) is 0 Å². The Morgan fingerprint density at radius 3 is 2.67 bits per heavy atom. The van der Waals surface area contributed by atoms with Crippen LogP contribution in [-0.4, -0.2) is 12.2 Å². The van der Waals surface area contributed by atoms with Crippen molar-refractivity contribution in [3.63, 3.8) is 0 Å². The van der Waals surface area contributed by atoms with Gasteiger partial charge >= 0.3 is 0 Å². The van der Waals surface area contributed by atoms with Gasteiger partial charge in [-0.25, -0.2) is 0 Å². The summed E-state index contributed by atoms with van der Waals surface area (Å²) in [4.78, 5) is 0. The number of ether oxygens (including phenoxy) is 1. The molecule has 1 atom stereocenters. The van der Waals surface area contributed by atoms with E-state index in [0.29, 0.717) is 16.4 Å². The highest BCUT2D eigenvalue weighted by molar-refractivity contribution is 6.31. The van der Waals surface area contributed by atoms with Gasteiger partial charge in [0, 0.05) is 10.4 Å². The van der Waals surface area contributed by atoms with Crippen LogP contribution >= 0.6 is 11.6 Å². The average Bonchev–Trinajstić information content (AvgIpc) is 2.89. The van der Waals surface area contributed by atoms with Crippen LogP contribution in [0.4, 0.5) is 0 Å². The highest BCUT2D eigenvalue weighted by atomic mass is 35.5. The van der Waals surface area contributed by atoms with E-state index in [1.54, 1.807) is 19.2 Å². The molecule has 21 heavy (non-hydrogen) atoms. The molecule has 1 heterocycles. The van der Waals surface area contributed by atoms with Gasteiger partial charge < -0.3 is 14.3 Å². The number of aryl methyl sites for hydroxylation is 1. The van der Waals surface area contributed by atoms with Crippen molar-refractivity contribution in [3.8, 4) is 5.75 Å². The zero-order valence-electron chi connectivity index (χ0n) is 11.8. The van der Waals surface area contributed by atoms with Crippen molar-refractivity contribution in [2.45, 2.75) is 13.0 Å². The molecule has 3 nitrogen and oxygen atoms in total. The third-order valence-electron chi connectivity index (χ3n) is 3.50. The van der Waals surface area contributed by atoms with Crippen molar-refractivity contribution < 1.29 is 14.3 Å². The first-order valence-corrected chi connectivity index (χ1v) is 6.98. The van der Waals surface area contributed by atoms with Crippen LogP contribution in [-0.2, 0) is 0 Å². The lowest BCUT2D eigenvalue weighted by Gasteiger charge is -2.11. The number of hydrogen-bond acceptors (Lipinski definition) is 3. The molecule has 0 aliphatic heterocycles. The van der Waals surface area contributed by atoms with Crippen LogP contribution in [0.15, 0.2) is 46.9 Å². The molecule has 0 spiro atoms. The maximum atomic E-state index is 10.5. The average molecular weight is 303 g/mol. The van der Waals surface area contributed by atoms with Crippen molar-refractivity contribution in [3.05, 3.63) is 64.4 Å². The first kappa shape index (κ1) is 14.0. The first-order valence-electron chi connectivity index (χ1n) is 6.60. The number of benzene rings is 2. The number of aliphatic hydroxyl groups excluding tert-OH is 1. The SMILES string of the molecule is COc1ccc(C(O)c2cc3cc(Cl)ccc3o2)cc1C. The Morgan fingerprint density at radius 1 is 1.14 bits per heavy atom. The van der Waals surface area contributed by atoms with Crippen molar-refractivity contribution >= 4 is 22.6 Å². The molecule has 0 saturated heterocycles. The number of rotatable bonds is 3. The molecule has 1 N–H and O–H groups in total. The summed E-state index contributed by atoms with van der Waals surface area (Å²) in [6.07, 6.45) is -0.819. The summed E-state index contributed by atoms with van der Waals surface area (Å²) in [7, 11) is 1.63. The number of halogens is 1. The topological polar surface area (TPSA) is 42.6 Å². The van der Waals surface area contributed by atoms with Crippen LogP contribution in [0.1, 0.15) is 23.0 Å². The van der Waals surface area contributed by atoms with E-state index in [1.165, 1.54) is 0 Å². The van der Waals surface area contributed by atoms with Crippen molar-refractivity contribution in [2.24, 2.45) is 0 Å². The lowest BCUT2D eigenvalue weighted by molar-refractivity contribution is 0.192. The molecule has 0 aliphatic carbocycles. The van der Waals surface area contributed by atoms with E-state index in [2.05, 4.69) is 0 Å². The fraction of sp³-hybridized carbons (Fsp3) is 0.176. The van der Waals surface area contributed by atoms with Gasteiger partial charge in [0.1, 0.15) is 23.2 Å². The van der Waals surface area contributed by atoms with Gasteiger partial charge in [0.15, 0.2) is 0 Å². The summed E-state index contributed by atoms with van der Waals surface area (Å²) in [6, 6.07) is 12.8. The largest absolute Gasteiger partial charge is 0.496 e. The molecule has 0 aliphatic rings. The van der Waals surface area contributed by atoms with E-state index in [1.807, 2.05) is 37.3 Å². The van der Waals surface area contributed by atoms with Crippen LogP contribution in [0.2, 0.25) is 5.02 Å². The summed E-state index contributed by atoms with van der Waals surface area (Å²) in [5, 5.41) is 12.0. The number of fused-ring (bicyclic) bond motifs is 1. The molecule has 3 rings (SSSR count). The molecule has 0 bridgehead atoms. The van der Waals surface area contributed by atoms with Gasteiger partial charge in [0.05, 0.1) is 7.11 Å².